The fourth-order valence-corrected chi connectivity index (χ4v) is 3.40. The van der Waals surface area contributed by atoms with E-state index in [1.54, 1.807) is 11.0 Å². The van der Waals surface area contributed by atoms with Crippen molar-refractivity contribution in [1.82, 2.24) is 15.1 Å². The van der Waals surface area contributed by atoms with E-state index in [1.807, 2.05) is 25.1 Å². The number of aromatic amines is 1. The molecule has 0 spiro atoms. The third-order valence-electron chi connectivity index (χ3n) is 4.43. The molecule has 1 aromatic heterocycles. The van der Waals surface area contributed by atoms with Crippen LogP contribution in [-0.2, 0) is 13.1 Å². The number of halogens is 1. The van der Waals surface area contributed by atoms with Crippen LogP contribution >= 0.6 is 11.6 Å². The molecule has 0 unspecified atom stereocenters. The summed E-state index contributed by atoms with van der Waals surface area (Å²) < 4.78 is 0. The molecule has 3 N–H and O–H groups in total. The maximum Gasteiger partial charge on any atom is 0.258 e. The summed E-state index contributed by atoms with van der Waals surface area (Å²) in [5.74, 6) is 0.400. The number of anilines is 1. The van der Waals surface area contributed by atoms with Crippen molar-refractivity contribution in [3.63, 3.8) is 0 Å². The fraction of sp³-hybridized carbons (Fsp3) is 0.222. The lowest BCUT2D eigenvalue weighted by molar-refractivity contribution is 0.0748. The van der Waals surface area contributed by atoms with Crippen molar-refractivity contribution in [2.24, 2.45) is 0 Å². The predicted octanol–water partition coefficient (Wildman–Crippen LogP) is 3.51. The molecule has 1 amide bonds. The second-order valence-electron chi connectivity index (χ2n) is 6.09. The monoisotopic (exact) mass is 356 g/mol. The Hall–Kier alpha value is -2.73. The first-order valence-corrected chi connectivity index (χ1v) is 8.46. The zero-order valence-corrected chi connectivity index (χ0v) is 14.4. The minimum absolute atomic E-state index is 0.0572. The summed E-state index contributed by atoms with van der Waals surface area (Å²) in [6.45, 7) is 3.68. The molecule has 0 fully saturated rings. The van der Waals surface area contributed by atoms with E-state index in [2.05, 4.69) is 15.5 Å². The number of nitrogens with one attached hydrogen (secondary N) is 2. The molecule has 25 heavy (non-hydrogen) atoms. The number of H-pyrrole nitrogens is 1. The Morgan fingerprint density at radius 3 is 2.92 bits per heavy atom. The number of amides is 1. The van der Waals surface area contributed by atoms with Crippen LogP contribution in [0.4, 0.5) is 5.82 Å². The number of carbonyl (C=O) groups excluding carboxylic acids is 1. The minimum atomic E-state index is -0.213. The average Bonchev–Trinajstić information content (AvgIpc) is 3.17. The number of aromatic hydroxyl groups is 1. The molecule has 0 saturated carbocycles. The van der Waals surface area contributed by atoms with E-state index in [0.29, 0.717) is 36.0 Å². The average molecular weight is 357 g/mol. The van der Waals surface area contributed by atoms with Crippen LogP contribution in [0.5, 0.6) is 5.75 Å². The number of benzene rings is 2. The van der Waals surface area contributed by atoms with E-state index in [0.717, 1.165) is 16.5 Å². The van der Waals surface area contributed by atoms with Gasteiger partial charge in [0.25, 0.3) is 5.91 Å². The van der Waals surface area contributed by atoms with Crippen LogP contribution in [-0.4, -0.2) is 32.7 Å². The summed E-state index contributed by atoms with van der Waals surface area (Å²) >= 11 is 6.03. The van der Waals surface area contributed by atoms with E-state index in [4.69, 9.17) is 11.6 Å². The second kappa shape index (κ2) is 5.97. The van der Waals surface area contributed by atoms with Crippen molar-refractivity contribution in [3.05, 3.63) is 52.0 Å². The van der Waals surface area contributed by atoms with Gasteiger partial charge in [-0.05, 0) is 36.2 Å². The van der Waals surface area contributed by atoms with Crippen LogP contribution in [0, 0.1) is 0 Å². The zero-order chi connectivity index (χ0) is 17.6. The summed E-state index contributed by atoms with van der Waals surface area (Å²) in [5, 5.41) is 21.9. The summed E-state index contributed by atoms with van der Waals surface area (Å²) in [5.41, 5.74) is 3.07. The van der Waals surface area contributed by atoms with Gasteiger partial charge in [-0.1, -0.05) is 17.7 Å². The van der Waals surface area contributed by atoms with Crippen LogP contribution < -0.4 is 5.32 Å². The minimum Gasteiger partial charge on any atom is -0.507 e. The first-order valence-electron chi connectivity index (χ1n) is 8.08. The topological polar surface area (TPSA) is 81.2 Å². The van der Waals surface area contributed by atoms with Crippen molar-refractivity contribution in [2.75, 3.05) is 11.9 Å². The first-order chi connectivity index (χ1) is 12.1. The Bertz CT molecular complexity index is 983. The lowest BCUT2D eigenvalue weighted by Crippen LogP contribution is -2.25. The Morgan fingerprint density at radius 1 is 1.32 bits per heavy atom. The van der Waals surface area contributed by atoms with Gasteiger partial charge in [-0.3, -0.25) is 9.89 Å². The van der Waals surface area contributed by atoms with Gasteiger partial charge in [0.1, 0.15) is 5.75 Å². The normalized spacial score (nSPS) is 13.3. The maximum absolute atomic E-state index is 12.9. The van der Waals surface area contributed by atoms with Crippen molar-refractivity contribution in [1.29, 1.82) is 0 Å². The van der Waals surface area contributed by atoms with Crippen molar-refractivity contribution in [3.8, 4) is 5.75 Å². The maximum atomic E-state index is 12.9. The second-order valence-corrected chi connectivity index (χ2v) is 6.53. The zero-order valence-electron chi connectivity index (χ0n) is 13.6. The van der Waals surface area contributed by atoms with Crippen LogP contribution in [0.15, 0.2) is 30.3 Å². The summed E-state index contributed by atoms with van der Waals surface area (Å²) in [7, 11) is 0. The molecule has 1 aliphatic rings. The van der Waals surface area contributed by atoms with E-state index in [-0.39, 0.29) is 17.2 Å². The highest BCUT2D eigenvalue weighted by atomic mass is 35.5. The van der Waals surface area contributed by atoms with Crippen molar-refractivity contribution >= 4 is 34.2 Å². The number of nitrogens with zero attached hydrogens (tertiary/aromatic N) is 2. The molecule has 7 heteroatoms. The van der Waals surface area contributed by atoms with Gasteiger partial charge in [0.15, 0.2) is 5.82 Å². The lowest BCUT2D eigenvalue weighted by atomic mass is 10.1. The molecule has 2 aromatic carbocycles. The largest absolute Gasteiger partial charge is 0.507 e. The Labute approximate surface area is 149 Å². The van der Waals surface area contributed by atoms with Gasteiger partial charge in [0.05, 0.1) is 11.1 Å². The number of phenols is 1. The Morgan fingerprint density at radius 2 is 2.12 bits per heavy atom. The van der Waals surface area contributed by atoms with E-state index >= 15 is 0 Å². The first kappa shape index (κ1) is 15.8. The highest BCUT2D eigenvalue weighted by Crippen LogP contribution is 2.32. The molecule has 4 rings (SSSR count). The van der Waals surface area contributed by atoms with Crippen LogP contribution in [0.25, 0.3) is 10.9 Å². The van der Waals surface area contributed by atoms with E-state index in [1.165, 1.54) is 6.07 Å². The molecule has 0 atom stereocenters. The number of aromatic nitrogens is 2. The predicted molar refractivity (Wildman–Crippen MR) is 97.0 cm³/mol. The number of rotatable bonds is 3. The molecular weight excluding hydrogens is 340 g/mol. The Balaban J connectivity index is 1.68. The quantitative estimate of drug-likeness (QED) is 0.670. The molecule has 0 saturated heterocycles. The molecule has 2 heterocycles. The summed E-state index contributed by atoms with van der Waals surface area (Å²) in [6, 6.07) is 8.87. The summed E-state index contributed by atoms with van der Waals surface area (Å²) in [4.78, 5) is 14.6. The van der Waals surface area contributed by atoms with Gasteiger partial charge >= 0.3 is 0 Å². The van der Waals surface area contributed by atoms with Gasteiger partial charge in [-0.25, -0.2) is 0 Å². The van der Waals surface area contributed by atoms with Gasteiger partial charge in [-0.15, -0.1) is 0 Å². The molecule has 0 radical (unpaired) electrons. The molecular formula is C18H17ClN4O2. The van der Waals surface area contributed by atoms with Gasteiger partial charge in [-0.2, -0.15) is 5.10 Å². The van der Waals surface area contributed by atoms with Crippen LogP contribution in [0.3, 0.4) is 0 Å². The van der Waals surface area contributed by atoms with Gasteiger partial charge in [0, 0.05) is 36.1 Å². The molecule has 0 bridgehead atoms. The van der Waals surface area contributed by atoms with E-state index in [9.17, 15) is 9.90 Å². The summed E-state index contributed by atoms with van der Waals surface area (Å²) in [6.07, 6.45) is 0. The fourth-order valence-electron chi connectivity index (χ4n) is 3.20. The standard InChI is InChI=1S/C18H17ClN4O2/c1-2-20-17-13-6-14(16(24)7-15(13)21-22-17)18(25)23-8-10-3-4-12(19)5-11(10)9-23/h3-7,24H,2,8-9H2,1H3,(H2,20,21,22). The molecule has 0 aliphatic carbocycles. The smallest absolute Gasteiger partial charge is 0.258 e. The highest BCUT2D eigenvalue weighted by Gasteiger charge is 2.27. The third kappa shape index (κ3) is 2.68. The third-order valence-corrected chi connectivity index (χ3v) is 4.67. The molecule has 1 aliphatic heterocycles. The van der Waals surface area contributed by atoms with Crippen LogP contribution in [0.1, 0.15) is 28.4 Å². The number of hydrogen-bond donors (Lipinski definition) is 3. The number of phenolic OH excluding ortho intramolecular Hbond substituents is 1. The number of fused-ring (bicyclic) bond motifs is 2. The highest BCUT2D eigenvalue weighted by molar-refractivity contribution is 6.30. The SMILES string of the molecule is CCNc1n[nH]c2cc(O)c(C(=O)N3Cc4ccc(Cl)cc4C3)cc12. The number of hydrogen-bond acceptors (Lipinski definition) is 4. The lowest BCUT2D eigenvalue weighted by Gasteiger charge is -2.16. The number of carbonyl (C=O) groups is 1. The molecule has 128 valence electrons. The molecule has 3 aromatic rings. The van der Waals surface area contributed by atoms with E-state index < -0.39 is 0 Å². The van der Waals surface area contributed by atoms with Gasteiger partial charge < -0.3 is 15.3 Å². The van der Waals surface area contributed by atoms with Crippen molar-refractivity contribution < 1.29 is 9.90 Å². The molecule has 6 nitrogen and oxygen atoms in total. The van der Waals surface area contributed by atoms with Crippen LogP contribution in [0.2, 0.25) is 5.02 Å². The van der Waals surface area contributed by atoms with Gasteiger partial charge in [0.2, 0.25) is 0 Å². The Kier molecular flexibility index (Phi) is 3.77. The van der Waals surface area contributed by atoms with Crippen molar-refractivity contribution in [2.45, 2.75) is 20.0 Å².